The molecule has 4 aromatic carbocycles. The molecule has 10 nitrogen and oxygen atoms in total. The van der Waals surface area contributed by atoms with Gasteiger partial charge in [-0.05, 0) is 90.0 Å². The van der Waals surface area contributed by atoms with Gasteiger partial charge in [-0.2, -0.15) is 8.61 Å². The van der Waals surface area contributed by atoms with Gasteiger partial charge in [-0.1, -0.05) is 46.4 Å². The lowest BCUT2D eigenvalue weighted by molar-refractivity contribution is 0.384. The maximum Gasteiger partial charge on any atom is 0.243 e. The lowest BCUT2D eigenvalue weighted by atomic mass is 10.1. The van der Waals surface area contributed by atoms with Crippen molar-refractivity contribution in [3.63, 3.8) is 0 Å². The topological polar surface area (TPSA) is 107 Å². The second kappa shape index (κ2) is 19.3. The van der Waals surface area contributed by atoms with Crippen LogP contribution in [0.3, 0.4) is 0 Å². The molecule has 0 unspecified atom stereocenters. The summed E-state index contributed by atoms with van der Waals surface area (Å²) in [6.07, 6.45) is 0.970. The van der Waals surface area contributed by atoms with Crippen LogP contribution in [0.4, 0.5) is 19.0 Å². The van der Waals surface area contributed by atoms with Gasteiger partial charge in [0.15, 0.2) is 10.3 Å². The van der Waals surface area contributed by atoms with Gasteiger partial charge in [0.25, 0.3) is 0 Å². The standard InChI is InChI=1S/C20H18Cl3N3O2S2.C20H18ClF2N3O2S2/c2*21-15-1-3-19(4-2-15)30(27,28)26-7-5-25(6-8-26)20-24-18(13-29-20)11-14-9-16(22)12-17(23)10-14/h2*1-4,9-10,12-13H,5-8,11H2. The van der Waals surface area contributed by atoms with Gasteiger partial charge in [0, 0.05) is 102 Å². The van der Waals surface area contributed by atoms with Crippen molar-refractivity contribution in [2.24, 2.45) is 0 Å². The molecular formula is C40H36Cl4F2N6O4S4. The number of halogens is 6. The molecule has 2 aromatic heterocycles. The summed E-state index contributed by atoms with van der Waals surface area (Å²) >= 11 is 26.9. The maximum atomic E-state index is 13.4. The zero-order valence-corrected chi connectivity index (χ0v) is 37.8. The van der Waals surface area contributed by atoms with Crippen LogP contribution in [0.1, 0.15) is 22.5 Å². The van der Waals surface area contributed by atoms with Crippen molar-refractivity contribution in [2.45, 2.75) is 22.6 Å². The molecule has 2 fully saturated rings. The van der Waals surface area contributed by atoms with Gasteiger partial charge in [-0.15, -0.1) is 22.7 Å². The Morgan fingerprint density at radius 2 is 0.867 bits per heavy atom. The molecule has 0 spiro atoms. The summed E-state index contributed by atoms with van der Waals surface area (Å²) in [5, 5.41) is 7.73. The third-order valence-corrected chi connectivity index (χ3v) is 16.3. The first-order valence-electron chi connectivity index (χ1n) is 18.4. The molecule has 8 rings (SSSR count). The lowest BCUT2D eigenvalue weighted by Crippen LogP contribution is -2.48. The van der Waals surface area contributed by atoms with E-state index in [1.54, 1.807) is 53.8 Å². The Morgan fingerprint density at radius 3 is 1.25 bits per heavy atom. The predicted molar refractivity (Wildman–Crippen MR) is 238 cm³/mol. The summed E-state index contributed by atoms with van der Waals surface area (Å²) in [6.45, 7) is 3.69. The van der Waals surface area contributed by atoms with Crippen LogP contribution in [0.5, 0.6) is 0 Å². The van der Waals surface area contributed by atoms with E-state index in [0.717, 1.165) is 33.3 Å². The van der Waals surface area contributed by atoms with Crippen LogP contribution in [0.15, 0.2) is 105 Å². The number of hydrogen-bond acceptors (Lipinski definition) is 10. The molecule has 0 aliphatic carbocycles. The van der Waals surface area contributed by atoms with Crippen LogP contribution >= 0.6 is 69.1 Å². The van der Waals surface area contributed by atoms with Crippen molar-refractivity contribution < 1.29 is 25.6 Å². The highest BCUT2D eigenvalue weighted by molar-refractivity contribution is 7.89. The average Bonchev–Trinajstić information content (AvgIpc) is 3.88. The number of rotatable bonds is 10. The quantitative estimate of drug-likeness (QED) is 0.134. The number of piperazine rings is 2. The van der Waals surface area contributed by atoms with Crippen LogP contribution in [-0.2, 0) is 32.9 Å². The summed E-state index contributed by atoms with van der Waals surface area (Å²) < 4.78 is 81.0. The molecular weight excluding hydrogens is 937 g/mol. The van der Waals surface area contributed by atoms with E-state index < -0.39 is 31.7 Å². The predicted octanol–water partition coefficient (Wildman–Crippen LogP) is 9.38. The number of nitrogens with zero attached hydrogens (tertiary/aromatic N) is 6. The Morgan fingerprint density at radius 1 is 0.500 bits per heavy atom. The molecule has 6 aromatic rings. The van der Waals surface area contributed by atoms with Crippen LogP contribution < -0.4 is 9.80 Å². The summed E-state index contributed by atoms with van der Waals surface area (Å²) in [5.41, 5.74) is 3.17. The van der Waals surface area contributed by atoms with Crippen molar-refractivity contribution in [3.05, 3.63) is 150 Å². The molecule has 20 heteroatoms. The summed E-state index contributed by atoms with van der Waals surface area (Å²) in [4.78, 5) is 13.9. The smallest absolute Gasteiger partial charge is 0.243 e. The maximum absolute atomic E-state index is 13.4. The van der Waals surface area contributed by atoms with E-state index in [0.29, 0.717) is 90.9 Å². The van der Waals surface area contributed by atoms with Crippen molar-refractivity contribution >= 4 is 99.4 Å². The number of aromatic nitrogens is 2. The van der Waals surface area contributed by atoms with Gasteiger partial charge in [0.1, 0.15) is 11.6 Å². The Labute approximate surface area is 375 Å². The van der Waals surface area contributed by atoms with Gasteiger partial charge in [0.2, 0.25) is 20.0 Å². The molecule has 0 bridgehead atoms. The molecule has 4 heterocycles. The number of benzene rings is 4. The van der Waals surface area contributed by atoms with Gasteiger partial charge < -0.3 is 9.80 Å². The Bertz CT molecular complexity index is 2430. The highest BCUT2D eigenvalue weighted by Crippen LogP contribution is 2.29. The van der Waals surface area contributed by atoms with Crippen LogP contribution in [-0.4, -0.2) is 87.8 Å². The molecule has 0 saturated carbocycles. The van der Waals surface area contributed by atoms with Crippen molar-refractivity contribution in [3.8, 4) is 0 Å². The summed E-state index contributed by atoms with van der Waals surface area (Å²) in [7, 11) is -7.09. The fourth-order valence-corrected chi connectivity index (χ4v) is 12.1. The number of hydrogen-bond donors (Lipinski definition) is 0. The highest BCUT2D eigenvalue weighted by atomic mass is 35.5. The molecule has 2 aliphatic rings. The van der Waals surface area contributed by atoms with E-state index in [2.05, 4.69) is 9.88 Å². The van der Waals surface area contributed by atoms with E-state index in [9.17, 15) is 25.6 Å². The Kier molecular flexibility index (Phi) is 14.4. The van der Waals surface area contributed by atoms with Gasteiger partial charge in [0.05, 0.1) is 21.2 Å². The fraction of sp³-hybridized carbons (Fsp3) is 0.250. The van der Waals surface area contributed by atoms with Gasteiger partial charge in [-0.25, -0.2) is 35.6 Å². The monoisotopic (exact) mass is 970 g/mol. The van der Waals surface area contributed by atoms with E-state index >= 15 is 0 Å². The van der Waals surface area contributed by atoms with E-state index in [1.165, 1.54) is 44.2 Å². The Balaban J connectivity index is 0.000000181. The first kappa shape index (κ1) is 44.6. The van der Waals surface area contributed by atoms with E-state index in [4.69, 9.17) is 51.4 Å². The molecule has 0 atom stereocenters. The zero-order valence-electron chi connectivity index (χ0n) is 31.5. The normalized spacial score (nSPS) is 15.5. The van der Waals surface area contributed by atoms with Crippen LogP contribution in [0.25, 0.3) is 0 Å². The molecule has 0 amide bonds. The number of anilines is 2. The fourth-order valence-electron chi connectivity index (χ4n) is 6.64. The van der Waals surface area contributed by atoms with Crippen molar-refractivity contribution in [2.75, 3.05) is 62.2 Å². The molecule has 0 radical (unpaired) electrons. The second-order valence-electron chi connectivity index (χ2n) is 13.8. The molecule has 60 heavy (non-hydrogen) atoms. The van der Waals surface area contributed by atoms with Gasteiger partial charge in [-0.3, -0.25) is 0 Å². The second-order valence-corrected chi connectivity index (χ2v) is 21.1. The highest BCUT2D eigenvalue weighted by Gasteiger charge is 2.31. The molecule has 2 saturated heterocycles. The zero-order chi connectivity index (χ0) is 42.6. The van der Waals surface area contributed by atoms with Crippen molar-refractivity contribution in [1.82, 2.24) is 18.6 Å². The summed E-state index contributed by atoms with van der Waals surface area (Å²) in [6, 6.07) is 21.3. The van der Waals surface area contributed by atoms with Crippen LogP contribution in [0, 0.1) is 11.6 Å². The first-order chi connectivity index (χ1) is 28.6. The first-order valence-corrected chi connectivity index (χ1v) is 24.6. The van der Waals surface area contributed by atoms with E-state index in [-0.39, 0.29) is 9.79 Å². The number of thiazole rings is 2. The molecule has 2 aliphatic heterocycles. The minimum atomic E-state index is -3.57. The summed E-state index contributed by atoms with van der Waals surface area (Å²) in [5.74, 6) is -1.23. The number of sulfonamides is 2. The SMILES string of the molecule is O=S(=O)(c1ccc(Cl)cc1)N1CCN(c2nc(Cc3cc(Cl)cc(Cl)c3)cs2)CC1.O=S(=O)(c1ccc(Cl)cc1)N1CCN(c2nc(Cc3cc(F)cc(F)c3)cs2)CC1. The molecule has 0 N–H and O–H groups in total. The van der Waals surface area contributed by atoms with Crippen LogP contribution in [0.2, 0.25) is 20.1 Å². The largest absolute Gasteiger partial charge is 0.345 e. The minimum Gasteiger partial charge on any atom is -0.345 e. The average molecular weight is 973 g/mol. The molecule has 316 valence electrons. The Hall–Kier alpha value is -3.42. The van der Waals surface area contributed by atoms with Crippen molar-refractivity contribution in [1.29, 1.82) is 0 Å². The van der Waals surface area contributed by atoms with E-state index in [1.807, 2.05) is 27.8 Å². The minimum absolute atomic E-state index is 0.221. The lowest BCUT2D eigenvalue weighted by Gasteiger charge is -2.33. The van der Waals surface area contributed by atoms with Gasteiger partial charge >= 0.3 is 0 Å². The third kappa shape index (κ3) is 11.1. The third-order valence-electron chi connectivity index (χ3n) is 9.62.